The fourth-order valence-electron chi connectivity index (χ4n) is 1.06. The molecule has 3 heteroatoms. The molecule has 0 aliphatic rings. The topological polar surface area (TPSA) is 46.5 Å². The largest absolute Gasteiger partial charge is 0.494 e. The molecule has 1 aromatic carbocycles. The summed E-state index contributed by atoms with van der Waals surface area (Å²) in [5.74, 6) is -0.134. The first kappa shape index (κ1) is 11.3. The monoisotopic (exact) mass is 206 g/mol. The Morgan fingerprint density at radius 2 is 2.07 bits per heavy atom. The molecule has 0 aliphatic heterocycles. The third-order valence-corrected chi connectivity index (χ3v) is 1.77. The number of hydrogen-bond donors (Lipinski definition) is 1. The Morgan fingerprint density at radius 3 is 2.60 bits per heavy atom. The van der Waals surface area contributed by atoms with Crippen molar-refractivity contribution in [1.82, 2.24) is 0 Å². The first-order chi connectivity index (χ1) is 7.22. The number of rotatable bonds is 5. The highest BCUT2D eigenvalue weighted by Crippen LogP contribution is 2.13. The second-order valence-corrected chi connectivity index (χ2v) is 3.09. The standard InChI is InChI=1S/C12H14O3/c1-2-9-15-11-6-3-10(4-7-11)5-8-12(13)14/h3-8H,2,9H2,1H3,(H,13,14)/b8-5-. The molecule has 0 saturated heterocycles. The van der Waals surface area contributed by atoms with E-state index < -0.39 is 5.97 Å². The average molecular weight is 206 g/mol. The Bertz CT molecular complexity index is 338. The summed E-state index contributed by atoms with van der Waals surface area (Å²) in [6.45, 7) is 2.74. The number of hydrogen-bond acceptors (Lipinski definition) is 2. The lowest BCUT2D eigenvalue weighted by Gasteiger charge is -2.03. The molecule has 0 saturated carbocycles. The Labute approximate surface area is 89.0 Å². The van der Waals surface area contributed by atoms with Gasteiger partial charge in [0.25, 0.3) is 0 Å². The van der Waals surface area contributed by atoms with Crippen molar-refractivity contribution in [3.63, 3.8) is 0 Å². The van der Waals surface area contributed by atoms with Crippen molar-refractivity contribution < 1.29 is 14.6 Å². The van der Waals surface area contributed by atoms with Crippen LogP contribution in [0.1, 0.15) is 18.9 Å². The van der Waals surface area contributed by atoms with Crippen LogP contribution < -0.4 is 4.74 Å². The van der Waals surface area contributed by atoms with Crippen LogP contribution in [0.25, 0.3) is 6.08 Å². The molecule has 1 rings (SSSR count). The molecule has 0 radical (unpaired) electrons. The fraction of sp³-hybridized carbons (Fsp3) is 0.250. The van der Waals surface area contributed by atoms with Gasteiger partial charge in [0.05, 0.1) is 6.61 Å². The van der Waals surface area contributed by atoms with Gasteiger partial charge in [0.15, 0.2) is 0 Å². The number of carboxylic acids is 1. The molecule has 0 amide bonds. The molecule has 15 heavy (non-hydrogen) atoms. The summed E-state index contributed by atoms with van der Waals surface area (Å²) in [5.41, 5.74) is 0.848. The van der Waals surface area contributed by atoms with Gasteiger partial charge >= 0.3 is 5.97 Å². The molecule has 0 atom stereocenters. The lowest BCUT2D eigenvalue weighted by Crippen LogP contribution is -1.94. The van der Waals surface area contributed by atoms with Crippen molar-refractivity contribution in [1.29, 1.82) is 0 Å². The summed E-state index contributed by atoms with van der Waals surface area (Å²) in [5, 5.41) is 8.43. The van der Waals surface area contributed by atoms with Crippen LogP contribution >= 0.6 is 0 Å². The van der Waals surface area contributed by atoms with Gasteiger partial charge in [-0.3, -0.25) is 0 Å². The minimum absolute atomic E-state index is 0.699. The van der Waals surface area contributed by atoms with Gasteiger partial charge in [0.1, 0.15) is 5.75 Å². The van der Waals surface area contributed by atoms with E-state index in [2.05, 4.69) is 0 Å². The van der Waals surface area contributed by atoms with Crippen LogP contribution in [-0.2, 0) is 4.79 Å². The summed E-state index contributed by atoms with van der Waals surface area (Å²) in [7, 11) is 0. The maximum absolute atomic E-state index is 10.3. The average Bonchev–Trinajstić information content (AvgIpc) is 2.25. The first-order valence-electron chi connectivity index (χ1n) is 4.86. The van der Waals surface area contributed by atoms with Crippen LogP contribution in [0.2, 0.25) is 0 Å². The quantitative estimate of drug-likeness (QED) is 0.753. The molecule has 80 valence electrons. The number of carbonyl (C=O) groups is 1. The molecule has 1 aromatic rings. The van der Waals surface area contributed by atoms with E-state index in [9.17, 15) is 4.79 Å². The van der Waals surface area contributed by atoms with Crippen molar-refractivity contribution in [3.05, 3.63) is 35.9 Å². The normalized spacial score (nSPS) is 10.5. The molecule has 0 aromatic heterocycles. The van der Waals surface area contributed by atoms with Crippen molar-refractivity contribution in [3.8, 4) is 5.75 Å². The maximum atomic E-state index is 10.3. The summed E-state index contributed by atoms with van der Waals surface area (Å²) in [6, 6.07) is 7.31. The Kier molecular flexibility index (Phi) is 4.41. The third kappa shape index (κ3) is 4.31. The second-order valence-electron chi connectivity index (χ2n) is 3.09. The number of carboxylic acid groups (broad SMARTS) is 1. The summed E-state index contributed by atoms with van der Waals surface area (Å²) < 4.78 is 5.40. The predicted molar refractivity (Wildman–Crippen MR) is 58.9 cm³/mol. The third-order valence-electron chi connectivity index (χ3n) is 1.77. The van der Waals surface area contributed by atoms with Gasteiger partial charge in [-0.1, -0.05) is 19.1 Å². The Morgan fingerprint density at radius 1 is 1.40 bits per heavy atom. The van der Waals surface area contributed by atoms with Gasteiger partial charge in [-0.25, -0.2) is 4.79 Å². The molecule has 3 nitrogen and oxygen atoms in total. The SMILES string of the molecule is CCCOc1ccc(/C=C\C(=O)O)cc1. The smallest absolute Gasteiger partial charge is 0.328 e. The molecule has 0 bridgehead atoms. The van der Waals surface area contributed by atoms with Crippen LogP contribution in [0.4, 0.5) is 0 Å². The fourth-order valence-corrected chi connectivity index (χ4v) is 1.06. The number of ether oxygens (including phenoxy) is 1. The van der Waals surface area contributed by atoms with Crippen molar-refractivity contribution in [2.45, 2.75) is 13.3 Å². The molecule has 1 N–H and O–H groups in total. The molecule has 0 unspecified atom stereocenters. The van der Waals surface area contributed by atoms with Gasteiger partial charge in [0.2, 0.25) is 0 Å². The molecule has 0 fully saturated rings. The van der Waals surface area contributed by atoms with Crippen molar-refractivity contribution in [2.24, 2.45) is 0 Å². The van der Waals surface area contributed by atoms with E-state index in [1.54, 1.807) is 6.08 Å². The molecular formula is C12H14O3. The summed E-state index contributed by atoms with van der Waals surface area (Å²) in [4.78, 5) is 10.3. The lowest BCUT2D eigenvalue weighted by molar-refractivity contribution is -0.131. The summed E-state index contributed by atoms with van der Waals surface area (Å²) >= 11 is 0. The van der Waals surface area contributed by atoms with Crippen LogP contribution in [0.15, 0.2) is 30.3 Å². The van der Waals surface area contributed by atoms with E-state index in [0.29, 0.717) is 6.61 Å². The summed E-state index contributed by atoms with van der Waals surface area (Å²) in [6.07, 6.45) is 3.63. The van der Waals surface area contributed by atoms with Crippen LogP contribution in [-0.4, -0.2) is 17.7 Å². The zero-order chi connectivity index (χ0) is 11.1. The van der Waals surface area contributed by atoms with Gasteiger partial charge in [-0.2, -0.15) is 0 Å². The minimum Gasteiger partial charge on any atom is -0.494 e. The number of aliphatic carboxylic acids is 1. The molecule has 0 heterocycles. The van der Waals surface area contributed by atoms with E-state index in [0.717, 1.165) is 23.8 Å². The van der Waals surface area contributed by atoms with E-state index in [1.165, 1.54) is 0 Å². The van der Waals surface area contributed by atoms with Crippen LogP contribution in [0.3, 0.4) is 0 Å². The van der Waals surface area contributed by atoms with Gasteiger partial charge < -0.3 is 9.84 Å². The van der Waals surface area contributed by atoms with Gasteiger partial charge in [-0.05, 0) is 30.2 Å². The maximum Gasteiger partial charge on any atom is 0.328 e. The first-order valence-corrected chi connectivity index (χ1v) is 4.86. The highest BCUT2D eigenvalue weighted by molar-refractivity contribution is 5.85. The minimum atomic E-state index is -0.943. The number of benzene rings is 1. The zero-order valence-electron chi connectivity index (χ0n) is 8.64. The second kappa shape index (κ2) is 5.86. The van der Waals surface area contributed by atoms with E-state index in [1.807, 2.05) is 31.2 Å². The Balaban J connectivity index is 2.60. The van der Waals surface area contributed by atoms with Crippen molar-refractivity contribution in [2.75, 3.05) is 6.61 Å². The van der Waals surface area contributed by atoms with Crippen LogP contribution in [0.5, 0.6) is 5.75 Å². The zero-order valence-corrected chi connectivity index (χ0v) is 8.64. The lowest BCUT2D eigenvalue weighted by atomic mass is 10.2. The molecule has 0 spiro atoms. The highest BCUT2D eigenvalue weighted by atomic mass is 16.5. The van der Waals surface area contributed by atoms with Crippen molar-refractivity contribution >= 4 is 12.0 Å². The molecule has 0 aliphatic carbocycles. The van der Waals surface area contributed by atoms with E-state index >= 15 is 0 Å². The van der Waals surface area contributed by atoms with Gasteiger partial charge in [0, 0.05) is 6.08 Å². The van der Waals surface area contributed by atoms with Gasteiger partial charge in [-0.15, -0.1) is 0 Å². The molecular weight excluding hydrogens is 192 g/mol. The Hall–Kier alpha value is -1.77. The van der Waals surface area contributed by atoms with E-state index in [-0.39, 0.29) is 0 Å². The van der Waals surface area contributed by atoms with E-state index in [4.69, 9.17) is 9.84 Å². The van der Waals surface area contributed by atoms with Crippen LogP contribution in [0, 0.1) is 0 Å². The highest BCUT2D eigenvalue weighted by Gasteiger charge is 1.93. The predicted octanol–water partition coefficient (Wildman–Crippen LogP) is 2.57.